The Morgan fingerprint density at radius 1 is 1.27 bits per heavy atom. The largest absolute Gasteiger partial charge is 0.505 e. The lowest BCUT2D eigenvalue weighted by atomic mass is 9.80. The molecular weight excluding hydrogens is 361 g/mol. The molecule has 1 aliphatic carbocycles. The third-order valence-electron chi connectivity index (χ3n) is 4.46. The molecule has 5 atom stereocenters. The van der Waals surface area contributed by atoms with Crippen LogP contribution in [0.25, 0.3) is 0 Å². The number of amides is 1. The van der Waals surface area contributed by atoms with E-state index in [1.54, 1.807) is 0 Å². The number of hydrogen-bond acceptors (Lipinski definition) is 6. The molecule has 0 radical (unpaired) electrons. The van der Waals surface area contributed by atoms with Gasteiger partial charge < -0.3 is 14.6 Å². The van der Waals surface area contributed by atoms with Crippen molar-refractivity contribution in [1.29, 1.82) is 0 Å². The first-order valence-electron chi connectivity index (χ1n) is 9.28. The lowest BCUT2D eigenvalue weighted by Gasteiger charge is -2.27. The van der Waals surface area contributed by atoms with Crippen LogP contribution < -0.4 is 5.32 Å². The van der Waals surface area contributed by atoms with Gasteiger partial charge in [0.2, 0.25) is 6.29 Å². The third kappa shape index (κ3) is 10.0. The van der Waals surface area contributed by atoms with E-state index in [-0.39, 0.29) is 12.3 Å². The highest BCUT2D eigenvalue weighted by molar-refractivity contribution is 7.38. The second kappa shape index (κ2) is 12.2. The van der Waals surface area contributed by atoms with Crippen molar-refractivity contribution in [3.63, 3.8) is 0 Å². The van der Waals surface area contributed by atoms with Gasteiger partial charge in [0.05, 0.1) is 0 Å². The molecule has 9 heteroatoms. The van der Waals surface area contributed by atoms with E-state index in [4.69, 9.17) is 14.4 Å². The molecule has 1 aliphatic rings. The quantitative estimate of drug-likeness (QED) is 0.297. The van der Waals surface area contributed by atoms with E-state index < -0.39 is 32.6 Å². The standard InChI is InChI=1S/C17H30NO7P/c1-3-5-16(20)24-12(2)25-17(21)18-15(19)9-8-13-6-4-7-14(10-13)11-26(22)23/h12-15,19H,3-11H2,1-2H3,(H-,18,21,22,23)/p+1. The third-order valence-corrected chi connectivity index (χ3v) is 5.29. The molecule has 8 nitrogen and oxygen atoms in total. The van der Waals surface area contributed by atoms with Crippen molar-refractivity contribution in [2.45, 2.75) is 77.7 Å². The minimum Gasteiger partial charge on any atom is -0.425 e. The zero-order valence-electron chi connectivity index (χ0n) is 15.6. The number of ether oxygens (including phenoxy) is 2. The summed E-state index contributed by atoms with van der Waals surface area (Å²) in [6.45, 7) is 3.28. The molecule has 26 heavy (non-hydrogen) atoms. The Bertz CT molecular complexity index is 474. The molecule has 0 aromatic carbocycles. The number of rotatable bonds is 10. The van der Waals surface area contributed by atoms with E-state index in [2.05, 4.69) is 5.32 Å². The minimum atomic E-state index is -2.10. The van der Waals surface area contributed by atoms with Crippen molar-refractivity contribution in [2.24, 2.45) is 11.8 Å². The van der Waals surface area contributed by atoms with Gasteiger partial charge in [-0.25, -0.2) is 4.79 Å². The van der Waals surface area contributed by atoms with E-state index in [0.717, 1.165) is 32.1 Å². The average molecular weight is 392 g/mol. The Hall–Kier alpha value is -1.24. The second-order valence-corrected chi connectivity index (χ2v) is 7.95. The van der Waals surface area contributed by atoms with Crippen LogP contribution in [-0.2, 0) is 18.8 Å². The topological polar surface area (TPSA) is 122 Å². The van der Waals surface area contributed by atoms with Crippen LogP contribution in [0.5, 0.6) is 0 Å². The van der Waals surface area contributed by atoms with Crippen molar-refractivity contribution in [2.75, 3.05) is 6.16 Å². The average Bonchev–Trinajstić information content (AvgIpc) is 2.52. The summed E-state index contributed by atoms with van der Waals surface area (Å²) in [6, 6.07) is 0. The lowest BCUT2D eigenvalue weighted by molar-refractivity contribution is -0.165. The van der Waals surface area contributed by atoms with Crippen LogP contribution in [0.1, 0.15) is 65.2 Å². The molecule has 0 bridgehead atoms. The molecule has 0 aliphatic heterocycles. The molecule has 0 spiro atoms. The van der Waals surface area contributed by atoms with Gasteiger partial charge in [0, 0.05) is 19.3 Å². The molecule has 1 amide bonds. The maximum Gasteiger partial charge on any atom is 0.505 e. The summed E-state index contributed by atoms with van der Waals surface area (Å²) in [7, 11) is -2.10. The summed E-state index contributed by atoms with van der Waals surface area (Å²) in [5, 5.41) is 12.2. The predicted molar refractivity (Wildman–Crippen MR) is 95.5 cm³/mol. The number of alkyl carbamates (subject to hydrolysis) is 1. The zero-order chi connectivity index (χ0) is 19.5. The van der Waals surface area contributed by atoms with Crippen LogP contribution in [0.2, 0.25) is 0 Å². The Balaban J connectivity index is 2.24. The number of aliphatic hydroxyl groups is 1. The lowest BCUT2D eigenvalue weighted by Crippen LogP contribution is -2.38. The van der Waals surface area contributed by atoms with Crippen LogP contribution >= 0.6 is 8.03 Å². The summed E-state index contributed by atoms with van der Waals surface area (Å²) in [5.74, 6) is 0.200. The van der Waals surface area contributed by atoms with Gasteiger partial charge in [-0.05, 0) is 42.6 Å². The van der Waals surface area contributed by atoms with Gasteiger partial charge in [0.1, 0.15) is 6.23 Å². The Morgan fingerprint density at radius 2 is 1.96 bits per heavy atom. The zero-order valence-corrected chi connectivity index (χ0v) is 16.5. The fourth-order valence-electron chi connectivity index (χ4n) is 3.31. The van der Waals surface area contributed by atoms with Crippen molar-refractivity contribution in [1.82, 2.24) is 5.32 Å². The summed E-state index contributed by atoms with van der Waals surface area (Å²) in [4.78, 5) is 32.0. The van der Waals surface area contributed by atoms with E-state index in [1.807, 2.05) is 6.92 Å². The van der Waals surface area contributed by atoms with Crippen molar-refractivity contribution in [3.05, 3.63) is 0 Å². The monoisotopic (exact) mass is 392 g/mol. The van der Waals surface area contributed by atoms with Gasteiger partial charge in [-0.15, -0.1) is 0 Å². The summed E-state index contributed by atoms with van der Waals surface area (Å²) in [5.41, 5.74) is 0. The number of aliphatic hydroxyl groups excluding tert-OH is 1. The highest BCUT2D eigenvalue weighted by Crippen LogP contribution is 2.35. The first-order chi connectivity index (χ1) is 12.3. The molecule has 0 saturated heterocycles. The SMILES string of the molecule is CCCC(=O)OC(C)OC(=O)NC(O)CCC1CCCC(C[P+](=O)O)C1. The summed E-state index contributed by atoms with van der Waals surface area (Å²) < 4.78 is 20.7. The summed E-state index contributed by atoms with van der Waals surface area (Å²) >= 11 is 0. The Morgan fingerprint density at radius 3 is 2.62 bits per heavy atom. The van der Waals surface area contributed by atoms with Gasteiger partial charge in [-0.2, -0.15) is 4.89 Å². The van der Waals surface area contributed by atoms with Gasteiger partial charge in [0.15, 0.2) is 6.16 Å². The minimum absolute atomic E-state index is 0.255. The van der Waals surface area contributed by atoms with Gasteiger partial charge >= 0.3 is 20.1 Å². The molecule has 1 rings (SSSR count). The van der Waals surface area contributed by atoms with E-state index in [1.165, 1.54) is 6.92 Å². The Kier molecular flexibility index (Phi) is 10.7. The normalized spacial score (nSPS) is 22.8. The van der Waals surface area contributed by atoms with E-state index >= 15 is 0 Å². The number of hydrogen-bond donors (Lipinski definition) is 3. The predicted octanol–water partition coefficient (Wildman–Crippen LogP) is 3.04. The molecule has 150 valence electrons. The molecule has 1 fully saturated rings. The van der Waals surface area contributed by atoms with Crippen LogP contribution in [0.4, 0.5) is 4.79 Å². The fourth-order valence-corrected chi connectivity index (χ4v) is 4.08. The van der Waals surface area contributed by atoms with Gasteiger partial charge in [0.25, 0.3) is 0 Å². The van der Waals surface area contributed by atoms with Crippen molar-refractivity contribution < 1.29 is 33.6 Å². The molecule has 5 unspecified atom stereocenters. The van der Waals surface area contributed by atoms with Crippen LogP contribution in [0.3, 0.4) is 0 Å². The Labute approximate surface area is 155 Å². The van der Waals surface area contributed by atoms with Gasteiger partial charge in [-0.3, -0.25) is 10.1 Å². The van der Waals surface area contributed by atoms with Crippen LogP contribution in [0.15, 0.2) is 0 Å². The molecule has 0 aromatic heterocycles. The summed E-state index contributed by atoms with van der Waals surface area (Å²) in [6.07, 6.45) is 3.34. The van der Waals surface area contributed by atoms with Gasteiger partial charge in [-0.1, -0.05) is 19.8 Å². The number of carbonyl (C=O) groups is 2. The van der Waals surface area contributed by atoms with E-state index in [9.17, 15) is 19.3 Å². The maximum atomic E-state index is 11.7. The highest BCUT2D eigenvalue weighted by Gasteiger charge is 2.28. The first-order valence-corrected chi connectivity index (χ1v) is 10.7. The fraction of sp³-hybridized carbons (Fsp3) is 0.882. The van der Waals surface area contributed by atoms with Crippen molar-refractivity contribution in [3.8, 4) is 0 Å². The maximum absolute atomic E-state index is 11.7. The number of carbonyl (C=O) groups excluding carboxylic acids is 2. The molecular formula is C17H31NO7P+. The molecule has 3 N–H and O–H groups in total. The molecule has 0 aromatic rings. The second-order valence-electron chi connectivity index (χ2n) is 6.88. The molecule has 0 heterocycles. The smallest absolute Gasteiger partial charge is 0.425 e. The van der Waals surface area contributed by atoms with Crippen molar-refractivity contribution >= 4 is 20.1 Å². The first kappa shape index (κ1) is 22.8. The van der Waals surface area contributed by atoms with Crippen LogP contribution in [-0.4, -0.2) is 40.7 Å². The number of esters is 1. The van der Waals surface area contributed by atoms with E-state index in [0.29, 0.717) is 24.9 Å². The number of nitrogens with one attached hydrogen (secondary N) is 1. The highest BCUT2D eigenvalue weighted by atomic mass is 31.1. The molecule has 1 saturated carbocycles. The van der Waals surface area contributed by atoms with Crippen LogP contribution in [0, 0.1) is 11.8 Å².